The quantitative estimate of drug-likeness (QED) is 0.222. The number of hydrogen-bond donors (Lipinski definition) is 2. The van der Waals surface area contributed by atoms with Gasteiger partial charge in [-0.3, -0.25) is 8.42 Å². The van der Waals surface area contributed by atoms with Crippen LogP contribution in [-0.2, 0) is 10.4 Å². The third-order valence-electron chi connectivity index (χ3n) is 0. The summed E-state index contributed by atoms with van der Waals surface area (Å²) in [6.07, 6.45) is -1.17. The van der Waals surface area contributed by atoms with Crippen molar-refractivity contribution >= 4 is 59.3 Å². The zero-order chi connectivity index (χ0) is 8.08. The maximum Gasteiger partial charge on any atom is 2.00 e. The van der Waals surface area contributed by atoms with E-state index in [0.29, 0.717) is 0 Å². The van der Waals surface area contributed by atoms with E-state index < -0.39 is 16.7 Å². The van der Waals surface area contributed by atoms with Gasteiger partial charge in [0.25, 0.3) is 0 Å². The van der Waals surface area contributed by atoms with Crippen LogP contribution in [0.4, 0.5) is 0 Å². The maximum atomic E-state index is 8.52. The molecule has 10 heavy (non-hydrogen) atoms. The summed E-state index contributed by atoms with van der Waals surface area (Å²) < 4.78 is 34.1. The summed E-state index contributed by atoms with van der Waals surface area (Å²) in [4.78, 5) is 0. The molecule has 0 spiro atoms. The molecule has 0 unspecified atom stereocenters. The predicted octanol–water partition coefficient (Wildman–Crippen LogP) is -2.40. The minimum Gasteiger partial charge on any atom is -0.759 e. The van der Waals surface area contributed by atoms with Crippen LogP contribution in [-0.4, -0.2) is 82.9 Å². The smallest absolute Gasteiger partial charge is 0.759 e. The van der Waals surface area contributed by atoms with Gasteiger partial charge in [0.2, 0.25) is 0 Å². The molecule has 8 heteroatoms. The van der Waals surface area contributed by atoms with Crippen molar-refractivity contribution in [1.29, 1.82) is 0 Å². The van der Waals surface area contributed by atoms with Gasteiger partial charge in [0.1, 0.15) is 6.29 Å². The molecule has 6 nitrogen and oxygen atoms in total. The van der Waals surface area contributed by atoms with Crippen LogP contribution in [0.5, 0.6) is 0 Å². The molecule has 0 aromatic carbocycles. The summed E-state index contributed by atoms with van der Waals surface area (Å²) >= 11 is 0. The molecular weight excluding hydrogens is 289 g/mol. The first-order chi connectivity index (χ1) is 3.73. The normalized spacial score (nSPS) is 9.40. The van der Waals surface area contributed by atoms with Crippen LogP contribution in [0.25, 0.3) is 0 Å². The first-order valence-electron chi connectivity index (χ1n) is 1.76. The van der Waals surface area contributed by atoms with Gasteiger partial charge in [0.15, 0.2) is 0 Å². The van der Waals surface area contributed by atoms with Gasteiger partial charge in [-0.25, -0.2) is 0 Å². The molecule has 0 atom stereocenters. The molecule has 0 amide bonds. The minimum absolute atomic E-state index is 0. The van der Waals surface area contributed by atoms with E-state index in [4.69, 9.17) is 27.7 Å². The number of aliphatic hydroxyl groups is 2. The van der Waals surface area contributed by atoms with Gasteiger partial charge in [-0.05, 0) is 6.92 Å². The fourth-order valence-corrected chi connectivity index (χ4v) is 0. The molecule has 0 radical (unpaired) electrons. The van der Waals surface area contributed by atoms with Gasteiger partial charge < -0.3 is 19.3 Å². The van der Waals surface area contributed by atoms with E-state index in [2.05, 4.69) is 0 Å². The predicted molar refractivity (Wildman–Crippen MR) is 30.1 cm³/mol. The van der Waals surface area contributed by atoms with E-state index in [1.54, 1.807) is 0 Å². The summed E-state index contributed by atoms with van der Waals surface area (Å²) in [6, 6.07) is 0. The van der Waals surface area contributed by atoms with Crippen LogP contribution < -0.4 is 0 Å². The molecule has 0 fully saturated rings. The Hall–Kier alpha value is 1.36. The van der Waals surface area contributed by atoms with E-state index in [1.807, 2.05) is 0 Å². The van der Waals surface area contributed by atoms with Crippen LogP contribution in [0.3, 0.4) is 0 Å². The summed E-state index contributed by atoms with van der Waals surface area (Å²) in [5.41, 5.74) is 0. The van der Waals surface area contributed by atoms with Gasteiger partial charge >= 0.3 is 48.9 Å². The van der Waals surface area contributed by atoms with E-state index >= 15 is 0 Å². The van der Waals surface area contributed by atoms with Gasteiger partial charge in [-0.15, -0.1) is 0 Å². The summed E-state index contributed by atoms with van der Waals surface area (Å²) in [5.74, 6) is 0. The Morgan fingerprint density at radius 1 is 1.30 bits per heavy atom. The van der Waals surface area contributed by atoms with Gasteiger partial charge in [-0.2, -0.15) is 0 Å². The Labute approximate surface area is 98.9 Å². The minimum atomic E-state index is -5.17. The Bertz CT molecular complexity index is 127. The molecule has 2 N–H and O–H groups in total. The fraction of sp³-hybridized carbons (Fsp3) is 1.00. The molecule has 0 aromatic heterocycles. The first kappa shape index (κ1) is 17.4. The summed E-state index contributed by atoms with van der Waals surface area (Å²) in [5, 5.41) is 15.2. The average molecular weight is 295 g/mol. The average Bonchev–Trinajstić information content (AvgIpc) is 1.19. The van der Waals surface area contributed by atoms with E-state index in [-0.39, 0.29) is 48.9 Å². The summed E-state index contributed by atoms with van der Waals surface area (Å²) in [6.45, 7) is 1.28. The third-order valence-corrected chi connectivity index (χ3v) is 0. The van der Waals surface area contributed by atoms with Crippen LogP contribution in [0, 0.1) is 0 Å². The van der Waals surface area contributed by atoms with Crippen molar-refractivity contribution < 1.29 is 27.7 Å². The molecular formula is C2H6BaO6S. The second-order valence-corrected chi connectivity index (χ2v) is 1.86. The number of rotatable bonds is 0. The van der Waals surface area contributed by atoms with Crippen molar-refractivity contribution in [2.45, 2.75) is 13.2 Å². The fourth-order valence-electron chi connectivity index (χ4n) is 0. The molecule has 0 bridgehead atoms. The van der Waals surface area contributed by atoms with Crippen molar-refractivity contribution in [3.8, 4) is 0 Å². The molecule has 0 saturated heterocycles. The third kappa shape index (κ3) is 353. The number of aliphatic hydroxyl groups excluding tert-OH is 1. The Morgan fingerprint density at radius 2 is 1.30 bits per heavy atom. The molecule has 58 valence electrons. The van der Waals surface area contributed by atoms with Crippen molar-refractivity contribution in [2.75, 3.05) is 0 Å². The van der Waals surface area contributed by atoms with Crippen LogP contribution in [0.15, 0.2) is 0 Å². The zero-order valence-electron chi connectivity index (χ0n) is 5.22. The second kappa shape index (κ2) is 8.46. The summed E-state index contributed by atoms with van der Waals surface area (Å²) in [7, 11) is -5.17. The van der Waals surface area contributed by atoms with Gasteiger partial charge in [-0.1, -0.05) is 0 Å². The molecule has 0 heterocycles. The Morgan fingerprint density at radius 3 is 1.30 bits per heavy atom. The molecule has 0 aromatic rings. The van der Waals surface area contributed by atoms with Crippen LogP contribution >= 0.6 is 0 Å². The monoisotopic (exact) mass is 296 g/mol. The SMILES string of the molecule is CC(O)O.O=S(=O)([O-])[O-].[Ba+2]. The van der Waals surface area contributed by atoms with Crippen molar-refractivity contribution in [2.24, 2.45) is 0 Å². The molecule has 0 rings (SSSR count). The van der Waals surface area contributed by atoms with Crippen LogP contribution in [0.1, 0.15) is 6.92 Å². The topological polar surface area (TPSA) is 121 Å². The van der Waals surface area contributed by atoms with Gasteiger partial charge in [0, 0.05) is 10.4 Å². The Kier molecular flexibility index (Phi) is 14.8. The van der Waals surface area contributed by atoms with Gasteiger partial charge in [0.05, 0.1) is 0 Å². The molecule has 0 saturated carbocycles. The Balaban J connectivity index is -0.0000000910. The zero-order valence-corrected chi connectivity index (χ0v) is 10.5. The van der Waals surface area contributed by atoms with E-state index in [9.17, 15) is 0 Å². The van der Waals surface area contributed by atoms with Crippen molar-refractivity contribution in [1.82, 2.24) is 0 Å². The van der Waals surface area contributed by atoms with Crippen LogP contribution in [0.2, 0.25) is 0 Å². The standard InChI is InChI=1S/C2H6O2.Ba.H2O4S/c1-2(3)4;;1-5(2,3)4/h2-4H,1H3;;(H2,1,2,3,4)/q;+2;/p-2. The molecule has 0 aliphatic carbocycles. The van der Waals surface area contributed by atoms with Crippen molar-refractivity contribution in [3.05, 3.63) is 0 Å². The largest absolute Gasteiger partial charge is 2.00 e. The molecule has 0 aliphatic rings. The van der Waals surface area contributed by atoms with E-state index in [0.717, 1.165) is 0 Å². The second-order valence-electron chi connectivity index (χ2n) is 1.04. The maximum absolute atomic E-state index is 8.52. The van der Waals surface area contributed by atoms with Crippen molar-refractivity contribution in [3.63, 3.8) is 0 Å². The molecule has 0 aliphatic heterocycles. The first-order valence-corrected chi connectivity index (χ1v) is 3.09. The number of hydrogen-bond acceptors (Lipinski definition) is 6. The van der Waals surface area contributed by atoms with E-state index in [1.165, 1.54) is 6.92 Å².